The predicted molar refractivity (Wildman–Crippen MR) is 106 cm³/mol. The van der Waals surface area contributed by atoms with Crippen LogP contribution in [0.25, 0.3) is 22.1 Å². The highest BCUT2D eigenvalue weighted by Crippen LogP contribution is 2.37. The maximum atomic E-state index is 12.7. The molecule has 1 N–H and O–H groups in total. The number of benzene rings is 2. The molecule has 1 aromatic heterocycles. The summed E-state index contributed by atoms with van der Waals surface area (Å²) in [5.74, 6) is -2.17. The first kappa shape index (κ1) is 18.4. The molecule has 4 nitrogen and oxygen atoms in total. The summed E-state index contributed by atoms with van der Waals surface area (Å²) in [6.07, 6.45) is 1.59. The van der Waals surface area contributed by atoms with E-state index in [-0.39, 0.29) is 12.0 Å². The summed E-state index contributed by atoms with van der Waals surface area (Å²) < 4.78 is 6.20. The largest absolute Gasteiger partial charge is 0.481 e. The maximum Gasteiger partial charge on any atom is 0.340 e. The highest BCUT2D eigenvalue weighted by atomic mass is 79.9. The third-order valence-electron chi connectivity index (χ3n) is 4.08. The molecule has 132 valence electrons. The van der Waals surface area contributed by atoms with Crippen molar-refractivity contribution >= 4 is 44.5 Å². The standard InChI is InChI=1S/C20H14BrClO4/c1-2-3-14(19(23)24)18-17(11-4-7-13(22)8-5-11)15-10-12(21)6-9-16(15)26-20(18)25/h2,4-10,14H,1,3H2,(H,23,24). The van der Waals surface area contributed by atoms with Crippen molar-refractivity contribution in [2.24, 2.45) is 0 Å². The number of carbonyl (C=O) groups is 1. The third kappa shape index (κ3) is 3.45. The fraction of sp³-hybridized carbons (Fsp3) is 0.100. The summed E-state index contributed by atoms with van der Waals surface area (Å²) in [6, 6.07) is 12.1. The Morgan fingerprint density at radius 1 is 1.27 bits per heavy atom. The Hall–Kier alpha value is -2.37. The highest BCUT2D eigenvalue weighted by molar-refractivity contribution is 9.10. The van der Waals surface area contributed by atoms with Crippen LogP contribution >= 0.6 is 27.5 Å². The van der Waals surface area contributed by atoms with Crippen LogP contribution in [0.2, 0.25) is 5.02 Å². The monoisotopic (exact) mass is 432 g/mol. The molecule has 0 aliphatic carbocycles. The lowest BCUT2D eigenvalue weighted by atomic mass is 9.88. The van der Waals surface area contributed by atoms with Crippen molar-refractivity contribution in [1.82, 2.24) is 0 Å². The molecule has 0 saturated carbocycles. The zero-order chi connectivity index (χ0) is 18.8. The van der Waals surface area contributed by atoms with E-state index in [4.69, 9.17) is 16.0 Å². The first-order chi connectivity index (χ1) is 12.4. The second kappa shape index (κ2) is 7.48. The molecule has 2 aromatic carbocycles. The van der Waals surface area contributed by atoms with Crippen LogP contribution in [-0.2, 0) is 4.79 Å². The molecule has 0 aliphatic heterocycles. The van der Waals surface area contributed by atoms with E-state index < -0.39 is 17.5 Å². The van der Waals surface area contributed by atoms with Crippen molar-refractivity contribution in [3.8, 4) is 11.1 Å². The summed E-state index contributed by atoms with van der Waals surface area (Å²) in [5, 5.41) is 10.9. The number of halogens is 2. The molecule has 3 aromatic rings. The fourth-order valence-electron chi connectivity index (χ4n) is 2.94. The van der Waals surface area contributed by atoms with Gasteiger partial charge in [0.15, 0.2) is 0 Å². The SMILES string of the molecule is C=CCC(C(=O)O)c1c(-c2ccc(Cl)cc2)c2cc(Br)ccc2oc1=O. The van der Waals surface area contributed by atoms with Crippen molar-refractivity contribution in [2.75, 3.05) is 0 Å². The molecule has 0 radical (unpaired) electrons. The van der Waals surface area contributed by atoms with E-state index in [1.165, 1.54) is 6.08 Å². The van der Waals surface area contributed by atoms with Gasteiger partial charge in [-0.25, -0.2) is 4.79 Å². The van der Waals surface area contributed by atoms with Crippen LogP contribution in [0, 0.1) is 0 Å². The van der Waals surface area contributed by atoms with Gasteiger partial charge in [0.2, 0.25) is 0 Å². The highest BCUT2D eigenvalue weighted by Gasteiger charge is 2.28. The number of carboxylic acid groups (broad SMARTS) is 1. The second-order valence-electron chi connectivity index (χ2n) is 5.74. The van der Waals surface area contributed by atoms with Crippen molar-refractivity contribution in [3.63, 3.8) is 0 Å². The fourth-order valence-corrected chi connectivity index (χ4v) is 3.43. The zero-order valence-corrected chi connectivity index (χ0v) is 15.9. The summed E-state index contributed by atoms with van der Waals surface area (Å²) in [6.45, 7) is 3.61. The van der Waals surface area contributed by atoms with Gasteiger partial charge in [0, 0.05) is 20.4 Å². The Kier molecular flexibility index (Phi) is 5.30. The molecular formula is C20H14BrClO4. The number of rotatable bonds is 5. The lowest BCUT2D eigenvalue weighted by molar-refractivity contribution is -0.138. The second-order valence-corrected chi connectivity index (χ2v) is 7.09. The van der Waals surface area contributed by atoms with E-state index >= 15 is 0 Å². The molecule has 1 heterocycles. The van der Waals surface area contributed by atoms with Gasteiger partial charge in [-0.1, -0.05) is 45.7 Å². The molecule has 3 rings (SSSR count). The van der Waals surface area contributed by atoms with Crippen molar-refractivity contribution in [1.29, 1.82) is 0 Å². The maximum absolute atomic E-state index is 12.7. The summed E-state index contributed by atoms with van der Waals surface area (Å²) >= 11 is 9.40. The first-order valence-corrected chi connectivity index (χ1v) is 8.95. The van der Waals surface area contributed by atoms with E-state index in [0.29, 0.717) is 27.1 Å². The topological polar surface area (TPSA) is 67.5 Å². The van der Waals surface area contributed by atoms with E-state index in [9.17, 15) is 14.7 Å². The van der Waals surface area contributed by atoms with Crippen molar-refractivity contribution in [3.05, 3.63) is 80.6 Å². The Morgan fingerprint density at radius 2 is 1.96 bits per heavy atom. The van der Waals surface area contributed by atoms with Gasteiger partial charge in [-0.05, 0) is 42.3 Å². The molecule has 0 bridgehead atoms. The van der Waals surface area contributed by atoms with Gasteiger partial charge >= 0.3 is 11.6 Å². The molecule has 0 aliphatic rings. The van der Waals surface area contributed by atoms with Crippen molar-refractivity contribution < 1.29 is 14.3 Å². The summed E-state index contributed by atoms with van der Waals surface area (Å²) in [5.41, 5.74) is 1.04. The van der Waals surface area contributed by atoms with Crippen LogP contribution < -0.4 is 5.63 Å². The Labute approximate surface area is 162 Å². The molecule has 0 spiro atoms. The molecule has 6 heteroatoms. The van der Waals surface area contributed by atoms with Crippen LogP contribution in [0.15, 0.2) is 68.8 Å². The molecule has 1 unspecified atom stereocenters. The Balaban J connectivity index is 2.46. The van der Waals surface area contributed by atoms with Crippen molar-refractivity contribution in [2.45, 2.75) is 12.3 Å². The number of hydrogen-bond donors (Lipinski definition) is 1. The van der Waals surface area contributed by atoms with E-state index in [2.05, 4.69) is 22.5 Å². The summed E-state index contributed by atoms with van der Waals surface area (Å²) in [7, 11) is 0. The predicted octanol–water partition coefficient (Wildman–Crippen LogP) is 5.62. The Bertz CT molecular complexity index is 1050. The molecule has 0 saturated heterocycles. The average molecular weight is 434 g/mol. The summed E-state index contributed by atoms with van der Waals surface area (Å²) in [4.78, 5) is 24.5. The number of aliphatic carboxylic acids is 1. The van der Waals surface area contributed by atoms with Gasteiger partial charge < -0.3 is 9.52 Å². The normalized spacial score (nSPS) is 12.1. The van der Waals surface area contributed by atoms with Gasteiger partial charge in [-0.2, -0.15) is 0 Å². The van der Waals surface area contributed by atoms with E-state index in [1.54, 1.807) is 42.5 Å². The van der Waals surface area contributed by atoms with Crippen LogP contribution in [-0.4, -0.2) is 11.1 Å². The number of allylic oxidation sites excluding steroid dienone is 1. The smallest absolute Gasteiger partial charge is 0.340 e. The number of hydrogen-bond acceptors (Lipinski definition) is 3. The third-order valence-corrected chi connectivity index (χ3v) is 4.83. The van der Waals surface area contributed by atoms with Crippen LogP contribution in [0.5, 0.6) is 0 Å². The van der Waals surface area contributed by atoms with Gasteiger partial charge in [0.25, 0.3) is 0 Å². The molecular weight excluding hydrogens is 420 g/mol. The van der Waals surface area contributed by atoms with Crippen LogP contribution in [0.1, 0.15) is 17.9 Å². The van der Waals surface area contributed by atoms with E-state index in [1.807, 2.05) is 0 Å². The minimum atomic E-state index is -1.11. The van der Waals surface area contributed by atoms with Gasteiger partial charge in [0.05, 0.1) is 11.5 Å². The van der Waals surface area contributed by atoms with Gasteiger partial charge in [0.1, 0.15) is 5.58 Å². The quantitative estimate of drug-likeness (QED) is 0.419. The van der Waals surface area contributed by atoms with Crippen LogP contribution in [0.4, 0.5) is 0 Å². The van der Waals surface area contributed by atoms with E-state index in [0.717, 1.165) is 4.47 Å². The molecule has 26 heavy (non-hydrogen) atoms. The minimum Gasteiger partial charge on any atom is -0.481 e. The number of carboxylic acids is 1. The molecule has 0 fully saturated rings. The van der Waals surface area contributed by atoms with Gasteiger partial charge in [-0.15, -0.1) is 6.58 Å². The Morgan fingerprint density at radius 3 is 2.58 bits per heavy atom. The van der Waals surface area contributed by atoms with Gasteiger partial charge in [-0.3, -0.25) is 4.79 Å². The lowest BCUT2D eigenvalue weighted by Crippen LogP contribution is -2.21. The molecule has 1 atom stereocenters. The minimum absolute atomic E-state index is 0.102. The lowest BCUT2D eigenvalue weighted by Gasteiger charge is -2.17. The first-order valence-electron chi connectivity index (χ1n) is 7.78. The zero-order valence-electron chi connectivity index (χ0n) is 13.5. The van der Waals surface area contributed by atoms with Crippen LogP contribution in [0.3, 0.4) is 0 Å². The average Bonchev–Trinajstić information content (AvgIpc) is 2.60. The molecule has 0 amide bonds. The number of fused-ring (bicyclic) bond motifs is 1.